The Balaban J connectivity index is 1.64. The molecule has 1 saturated heterocycles. The first kappa shape index (κ1) is 18.3. The summed E-state index contributed by atoms with van der Waals surface area (Å²) in [5, 5.41) is 2.98. The van der Waals surface area contributed by atoms with Crippen molar-refractivity contribution in [1.82, 2.24) is 0 Å². The highest BCUT2D eigenvalue weighted by molar-refractivity contribution is 5.94. The van der Waals surface area contributed by atoms with Gasteiger partial charge in [0.2, 0.25) is 0 Å². The van der Waals surface area contributed by atoms with E-state index < -0.39 is 6.10 Å². The van der Waals surface area contributed by atoms with Gasteiger partial charge in [-0.15, -0.1) is 0 Å². The maximum Gasteiger partial charge on any atom is 0.265 e. The molecular formula is C22H28N2O2. The smallest absolute Gasteiger partial charge is 0.265 e. The number of amides is 1. The number of nitrogens with zero attached hydrogens (tertiary/aromatic N) is 1. The highest BCUT2D eigenvalue weighted by Crippen LogP contribution is 2.24. The molecule has 0 radical (unpaired) electrons. The number of benzene rings is 2. The van der Waals surface area contributed by atoms with Gasteiger partial charge in [-0.2, -0.15) is 0 Å². The number of carbonyl (C=O) groups is 1. The van der Waals surface area contributed by atoms with Crippen LogP contribution in [0, 0.1) is 13.8 Å². The van der Waals surface area contributed by atoms with Crippen molar-refractivity contribution in [3.8, 4) is 5.75 Å². The lowest BCUT2D eigenvalue weighted by Gasteiger charge is -2.20. The number of hydrogen-bond donors (Lipinski definition) is 1. The summed E-state index contributed by atoms with van der Waals surface area (Å²) in [6.45, 7) is 8.22. The minimum absolute atomic E-state index is 0.109. The monoisotopic (exact) mass is 352 g/mol. The van der Waals surface area contributed by atoms with Gasteiger partial charge < -0.3 is 15.0 Å². The number of ether oxygens (including phenoxy) is 1. The van der Waals surface area contributed by atoms with Crippen LogP contribution >= 0.6 is 0 Å². The summed E-state index contributed by atoms with van der Waals surface area (Å²) in [5.41, 5.74) is 4.19. The first-order valence-corrected chi connectivity index (χ1v) is 9.46. The molecule has 1 N–H and O–H groups in total. The van der Waals surface area contributed by atoms with Crippen molar-refractivity contribution in [1.29, 1.82) is 0 Å². The zero-order valence-corrected chi connectivity index (χ0v) is 15.9. The molecule has 26 heavy (non-hydrogen) atoms. The molecule has 1 aliphatic rings. The predicted octanol–water partition coefficient (Wildman–Crippen LogP) is 4.70. The Morgan fingerprint density at radius 1 is 1.12 bits per heavy atom. The number of anilines is 2. The van der Waals surface area contributed by atoms with E-state index in [4.69, 9.17) is 4.74 Å². The fraction of sp³-hybridized carbons (Fsp3) is 0.409. The van der Waals surface area contributed by atoms with Crippen LogP contribution in [-0.2, 0) is 4.79 Å². The van der Waals surface area contributed by atoms with E-state index in [9.17, 15) is 4.79 Å². The summed E-state index contributed by atoms with van der Waals surface area (Å²) < 4.78 is 5.99. The van der Waals surface area contributed by atoms with Crippen LogP contribution < -0.4 is 15.0 Å². The number of rotatable bonds is 6. The second-order valence-corrected chi connectivity index (χ2v) is 7.01. The van der Waals surface area contributed by atoms with E-state index in [1.54, 1.807) is 0 Å². The average molecular weight is 352 g/mol. The average Bonchev–Trinajstić information content (AvgIpc) is 3.17. The third kappa shape index (κ3) is 4.37. The molecule has 0 aromatic heterocycles. The molecule has 4 nitrogen and oxygen atoms in total. The Hall–Kier alpha value is -2.49. The molecule has 0 aliphatic carbocycles. The van der Waals surface area contributed by atoms with Gasteiger partial charge in [-0.05, 0) is 74.6 Å². The minimum Gasteiger partial charge on any atom is -0.480 e. The van der Waals surface area contributed by atoms with Gasteiger partial charge in [-0.3, -0.25) is 4.79 Å². The molecule has 1 aliphatic heterocycles. The van der Waals surface area contributed by atoms with Crippen LogP contribution in [0.3, 0.4) is 0 Å². The molecule has 138 valence electrons. The number of aryl methyl sites for hydroxylation is 2. The standard InChI is InChI=1S/C22H28N2O2/c1-4-20(26-21-15-16(2)7-8-17(21)3)22(25)23-18-9-11-19(12-10-18)24-13-5-6-14-24/h7-12,15,20H,4-6,13-14H2,1-3H3,(H,23,25)/t20-/m1/s1. The molecule has 3 rings (SSSR count). The van der Waals surface area contributed by atoms with E-state index in [1.165, 1.54) is 18.5 Å². The highest BCUT2D eigenvalue weighted by Gasteiger charge is 2.20. The summed E-state index contributed by atoms with van der Waals surface area (Å²) in [4.78, 5) is 15.0. The van der Waals surface area contributed by atoms with Gasteiger partial charge >= 0.3 is 0 Å². The molecule has 0 spiro atoms. The van der Waals surface area contributed by atoms with E-state index in [0.29, 0.717) is 6.42 Å². The Morgan fingerprint density at radius 2 is 1.81 bits per heavy atom. The molecule has 1 amide bonds. The van der Waals surface area contributed by atoms with E-state index in [2.05, 4.69) is 22.3 Å². The normalized spacial score (nSPS) is 15.0. The maximum atomic E-state index is 12.6. The predicted molar refractivity (Wildman–Crippen MR) is 107 cm³/mol. The molecule has 1 heterocycles. The van der Waals surface area contributed by atoms with Crippen LogP contribution in [0.5, 0.6) is 5.75 Å². The second-order valence-electron chi connectivity index (χ2n) is 7.01. The van der Waals surface area contributed by atoms with Gasteiger partial charge in [0.1, 0.15) is 5.75 Å². The van der Waals surface area contributed by atoms with Gasteiger partial charge in [0.05, 0.1) is 0 Å². The summed E-state index contributed by atoms with van der Waals surface area (Å²) in [6.07, 6.45) is 2.62. The fourth-order valence-corrected chi connectivity index (χ4v) is 3.26. The van der Waals surface area contributed by atoms with Crippen molar-refractivity contribution < 1.29 is 9.53 Å². The van der Waals surface area contributed by atoms with Crippen LogP contribution in [0.2, 0.25) is 0 Å². The lowest BCUT2D eigenvalue weighted by molar-refractivity contribution is -0.122. The van der Waals surface area contributed by atoms with Gasteiger partial charge in [0.15, 0.2) is 6.10 Å². The van der Waals surface area contributed by atoms with Crippen molar-refractivity contribution in [3.05, 3.63) is 53.6 Å². The second kappa shape index (κ2) is 8.26. The van der Waals surface area contributed by atoms with Crippen molar-refractivity contribution >= 4 is 17.3 Å². The van der Waals surface area contributed by atoms with Crippen molar-refractivity contribution in [3.63, 3.8) is 0 Å². The molecule has 1 fully saturated rings. The first-order chi connectivity index (χ1) is 12.6. The largest absolute Gasteiger partial charge is 0.480 e. The topological polar surface area (TPSA) is 41.6 Å². The number of nitrogens with one attached hydrogen (secondary N) is 1. The molecular weight excluding hydrogens is 324 g/mol. The van der Waals surface area contributed by atoms with Gasteiger partial charge in [-0.25, -0.2) is 0 Å². The van der Waals surface area contributed by atoms with Crippen molar-refractivity contribution in [2.75, 3.05) is 23.3 Å². The fourth-order valence-electron chi connectivity index (χ4n) is 3.26. The lowest BCUT2D eigenvalue weighted by atomic mass is 10.1. The Kier molecular flexibility index (Phi) is 5.82. The van der Waals surface area contributed by atoms with Crippen LogP contribution in [0.25, 0.3) is 0 Å². The highest BCUT2D eigenvalue weighted by atomic mass is 16.5. The number of hydrogen-bond acceptors (Lipinski definition) is 3. The van der Waals surface area contributed by atoms with E-state index >= 15 is 0 Å². The van der Waals surface area contributed by atoms with Crippen LogP contribution in [0.1, 0.15) is 37.3 Å². The summed E-state index contributed by atoms with van der Waals surface area (Å²) in [5.74, 6) is 0.665. The summed E-state index contributed by atoms with van der Waals surface area (Å²) in [7, 11) is 0. The number of carbonyl (C=O) groups excluding carboxylic acids is 1. The SMILES string of the molecule is CC[C@@H](Oc1cc(C)ccc1C)C(=O)Nc1ccc(N2CCCC2)cc1. The molecule has 0 unspecified atom stereocenters. The molecule has 0 saturated carbocycles. The summed E-state index contributed by atoms with van der Waals surface area (Å²) in [6, 6.07) is 14.1. The van der Waals surface area contributed by atoms with Crippen LogP contribution in [0.4, 0.5) is 11.4 Å². The van der Waals surface area contributed by atoms with Crippen molar-refractivity contribution in [2.24, 2.45) is 0 Å². The van der Waals surface area contributed by atoms with Gasteiger partial charge in [-0.1, -0.05) is 19.1 Å². The maximum absolute atomic E-state index is 12.6. The molecule has 1 atom stereocenters. The Labute approximate surface area is 156 Å². The van der Waals surface area contributed by atoms with Crippen LogP contribution in [0.15, 0.2) is 42.5 Å². The van der Waals surface area contributed by atoms with Crippen LogP contribution in [-0.4, -0.2) is 25.1 Å². The van der Waals surface area contributed by atoms with Gasteiger partial charge in [0, 0.05) is 24.5 Å². The zero-order valence-electron chi connectivity index (χ0n) is 15.9. The molecule has 0 bridgehead atoms. The Bertz CT molecular complexity index is 749. The van der Waals surface area contributed by atoms with E-state index in [-0.39, 0.29) is 5.91 Å². The molecule has 4 heteroatoms. The lowest BCUT2D eigenvalue weighted by Crippen LogP contribution is -2.32. The Morgan fingerprint density at radius 3 is 2.46 bits per heavy atom. The van der Waals surface area contributed by atoms with E-state index in [0.717, 1.165) is 35.7 Å². The summed E-state index contributed by atoms with van der Waals surface area (Å²) >= 11 is 0. The first-order valence-electron chi connectivity index (χ1n) is 9.46. The quantitative estimate of drug-likeness (QED) is 0.819. The van der Waals surface area contributed by atoms with Crippen molar-refractivity contribution in [2.45, 2.75) is 46.1 Å². The van der Waals surface area contributed by atoms with Gasteiger partial charge in [0.25, 0.3) is 5.91 Å². The zero-order chi connectivity index (χ0) is 18.5. The minimum atomic E-state index is -0.506. The third-order valence-corrected chi connectivity index (χ3v) is 4.88. The molecule has 2 aromatic rings. The molecule has 2 aromatic carbocycles. The third-order valence-electron chi connectivity index (χ3n) is 4.88. The van der Waals surface area contributed by atoms with E-state index in [1.807, 2.05) is 51.1 Å².